The van der Waals surface area contributed by atoms with Crippen LogP contribution in [0.2, 0.25) is 0 Å². The molecule has 0 aromatic heterocycles. The summed E-state index contributed by atoms with van der Waals surface area (Å²) in [5.74, 6) is -2.10. The van der Waals surface area contributed by atoms with Crippen molar-refractivity contribution in [1.82, 2.24) is 5.32 Å². The number of nitrogens with one attached hydrogen (secondary N) is 1. The van der Waals surface area contributed by atoms with Crippen molar-refractivity contribution < 1.29 is 14.5 Å². The fourth-order valence-corrected chi connectivity index (χ4v) is 2.52. The number of nitriles is 1. The molecule has 2 rings (SSSR count). The van der Waals surface area contributed by atoms with E-state index < -0.39 is 27.5 Å². The van der Waals surface area contributed by atoms with Gasteiger partial charge in [0.05, 0.1) is 22.5 Å². The molecule has 1 aromatic rings. The average molecular weight is 324 g/mol. The molecule has 1 heterocycles. The highest BCUT2D eigenvalue weighted by Gasteiger charge is 2.43. The number of nitrogens with zero attached hydrogens (tertiary/aromatic N) is 2. The average Bonchev–Trinajstić information content (AvgIpc) is 2.62. The number of halogens is 1. The SMILES string of the molecule is N#Cc1ccc(C2C(=O)NC(=O)C2Br)c([N+](=O)[O-])c1. The number of hydrogen-bond donors (Lipinski definition) is 1. The molecule has 2 unspecified atom stereocenters. The van der Waals surface area contributed by atoms with Crippen LogP contribution < -0.4 is 5.32 Å². The van der Waals surface area contributed by atoms with E-state index in [2.05, 4.69) is 21.2 Å². The van der Waals surface area contributed by atoms with Crippen LogP contribution >= 0.6 is 15.9 Å². The van der Waals surface area contributed by atoms with E-state index in [0.717, 1.165) is 6.07 Å². The maximum atomic E-state index is 11.7. The summed E-state index contributed by atoms with van der Waals surface area (Å²) < 4.78 is 0. The van der Waals surface area contributed by atoms with Crippen LogP contribution in [0.3, 0.4) is 0 Å². The van der Waals surface area contributed by atoms with Crippen LogP contribution in [0.25, 0.3) is 0 Å². The first-order valence-corrected chi connectivity index (χ1v) is 6.04. The predicted octanol–water partition coefficient (Wildman–Crippen LogP) is 0.970. The van der Waals surface area contributed by atoms with Crippen molar-refractivity contribution in [2.45, 2.75) is 10.7 Å². The smallest absolute Gasteiger partial charge is 0.274 e. The Bertz CT molecular complexity index is 637. The molecule has 0 radical (unpaired) electrons. The zero-order valence-corrected chi connectivity index (χ0v) is 10.9. The Morgan fingerprint density at radius 1 is 1.37 bits per heavy atom. The lowest BCUT2D eigenvalue weighted by Gasteiger charge is -2.10. The topological polar surface area (TPSA) is 113 Å². The molecule has 1 fully saturated rings. The molecular formula is C11H6BrN3O4. The van der Waals surface area contributed by atoms with Gasteiger partial charge in [0, 0.05) is 11.6 Å². The van der Waals surface area contributed by atoms with E-state index in [1.807, 2.05) is 0 Å². The zero-order valence-electron chi connectivity index (χ0n) is 9.29. The van der Waals surface area contributed by atoms with Crippen LogP contribution in [0, 0.1) is 21.4 Å². The Morgan fingerprint density at radius 2 is 2.05 bits per heavy atom. The van der Waals surface area contributed by atoms with Gasteiger partial charge in [-0.15, -0.1) is 0 Å². The molecule has 1 aromatic carbocycles. The Labute approximate surface area is 115 Å². The van der Waals surface area contributed by atoms with Crippen molar-refractivity contribution >= 4 is 33.4 Å². The molecular weight excluding hydrogens is 318 g/mol. The minimum atomic E-state index is -0.972. The van der Waals surface area contributed by atoms with Gasteiger partial charge in [-0.3, -0.25) is 25.0 Å². The molecule has 19 heavy (non-hydrogen) atoms. The highest BCUT2D eigenvalue weighted by molar-refractivity contribution is 9.10. The second-order valence-electron chi connectivity index (χ2n) is 3.88. The van der Waals surface area contributed by atoms with Gasteiger partial charge in [-0.2, -0.15) is 5.26 Å². The van der Waals surface area contributed by atoms with E-state index >= 15 is 0 Å². The summed E-state index contributed by atoms with van der Waals surface area (Å²) in [6.07, 6.45) is 0. The standard InChI is InChI=1S/C11H6BrN3O4/c12-9-8(10(16)14-11(9)17)6-2-1-5(4-13)3-7(6)15(18)19/h1-3,8-9H,(H,14,16,17). The molecule has 2 atom stereocenters. The van der Waals surface area contributed by atoms with Crippen molar-refractivity contribution in [3.05, 3.63) is 39.4 Å². The van der Waals surface area contributed by atoms with Crippen LogP contribution in [-0.4, -0.2) is 21.6 Å². The second kappa shape index (κ2) is 4.78. The van der Waals surface area contributed by atoms with E-state index in [1.54, 1.807) is 6.07 Å². The Kier molecular flexibility index (Phi) is 3.31. The quantitative estimate of drug-likeness (QED) is 0.377. The van der Waals surface area contributed by atoms with Crippen LogP contribution in [-0.2, 0) is 9.59 Å². The fraction of sp³-hybridized carbons (Fsp3) is 0.182. The Balaban J connectivity index is 2.57. The highest BCUT2D eigenvalue weighted by atomic mass is 79.9. The van der Waals surface area contributed by atoms with Gasteiger partial charge in [-0.05, 0) is 12.1 Å². The molecule has 8 heteroatoms. The molecule has 0 saturated carbocycles. The van der Waals surface area contributed by atoms with Crippen molar-refractivity contribution in [3.63, 3.8) is 0 Å². The summed E-state index contributed by atoms with van der Waals surface area (Å²) in [6.45, 7) is 0. The van der Waals surface area contributed by atoms with Gasteiger partial charge in [-0.1, -0.05) is 15.9 Å². The summed E-state index contributed by atoms with van der Waals surface area (Å²) in [7, 11) is 0. The minimum Gasteiger partial charge on any atom is -0.295 e. The number of benzene rings is 1. The van der Waals surface area contributed by atoms with Gasteiger partial charge in [-0.25, -0.2) is 0 Å². The number of rotatable bonds is 2. The number of amides is 2. The summed E-state index contributed by atoms with van der Waals surface area (Å²) in [5, 5.41) is 21.8. The fourth-order valence-electron chi connectivity index (χ4n) is 1.89. The van der Waals surface area contributed by atoms with Crippen LogP contribution in [0.4, 0.5) is 5.69 Å². The third kappa shape index (κ3) is 2.20. The normalized spacial score (nSPS) is 21.9. The lowest BCUT2D eigenvalue weighted by molar-refractivity contribution is -0.385. The number of imide groups is 1. The molecule has 0 bridgehead atoms. The molecule has 96 valence electrons. The number of carbonyl (C=O) groups excluding carboxylic acids is 2. The van der Waals surface area contributed by atoms with Gasteiger partial charge < -0.3 is 0 Å². The lowest BCUT2D eigenvalue weighted by atomic mass is 9.94. The maximum absolute atomic E-state index is 11.7. The molecule has 1 N–H and O–H groups in total. The molecule has 1 aliphatic heterocycles. The van der Waals surface area contributed by atoms with Crippen LogP contribution in [0.15, 0.2) is 18.2 Å². The molecule has 0 spiro atoms. The van der Waals surface area contributed by atoms with Gasteiger partial charge >= 0.3 is 0 Å². The number of alkyl halides is 1. The maximum Gasteiger partial charge on any atom is 0.274 e. The van der Waals surface area contributed by atoms with E-state index in [-0.39, 0.29) is 16.8 Å². The van der Waals surface area contributed by atoms with Gasteiger partial charge in [0.2, 0.25) is 11.8 Å². The van der Waals surface area contributed by atoms with E-state index in [9.17, 15) is 19.7 Å². The van der Waals surface area contributed by atoms with Crippen molar-refractivity contribution in [2.75, 3.05) is 0 Å². The van der Waals surface area contributed by atoms with Crippen LogP contribution in [0.5, 0.6) is 0 Å². The molecule has 1 saturated heterocycles. The zero-order chi connectivity index (χ0) is 14.2. The number of carbonyl (C=O) groups is 2. The van der Waals surface area contributed by atoms with Crippen LogP contribution in [0.1, 0.15) is 17.0 Å². The Morgan fingerprint density at radius 3 is 2.53 bits per heavy atom. The largest absolute Gasteiger partial charge is 0.295 e. The third-order valence-corrected chi connectivity index (χ3v) is 3.71. The Hall–Kier alpha value is -2.27. The van der Waals surface area contributed by atoms with E-state index in [0.29, 0.717) is 0 Å². The summed E-state index contributed by atoms with van der Waals surface area (Å²) in [5.41, 5.74) is -0.126. The molecule has 0 aliphatic carbocycles. The van der Waals surface area contributed by atoms with Gasteiger partial charge in [0.1, 0.15) is 4.83 Å². The van der Waals surface area contributed by atoms with E-state index in [4.69, 9.17) is 5.26 Å². The minimum absolute atomic E-state index is 0.106. The summed E-state index contributed by atoms with van der Waals surface area (Å²) in [6, 6.07) is 5.58. The number of nitro groups is 1. The number of nitro benzene ring substituents is 1. The predicted molar refractivity (Wildman–Crippen MR) is 66.4 cm³/mol. The first-order valence-electron chi connectivity index (χ1n) is 5.13. The second-order valence-corrected chi connectivity index (χ2v) is 4.86. The lowest BCUT2D eigenvalue weighted by Crippen LogP contribution is -2.22. The van der Waals surface area contributed by atoms with Crippen molar-refractivity contribution in [1.29, 1.82) is 5.26 Å². The molecule has 1 aliphatic rings. The van der Waals surface area contributed by atoms with Gasteiger partial charge in [0.15, 0.2) is 0 Å². The number of hydrogen-bond acceptors (Lipinski definition) is 5. The van der Waals surface area contributed by atoms with Crippen molar-refractivity contribution in [2.24, 2.45) is 0 Å². The molecule has 7 nitrogen and oxygen atoms in total. The highest BCUT2D eigenvalue weighted by Crippen LogP contribution is 2.35. The first-order chi connectivity index (χ1) is 8.95. The van der Waals surface area contributed by atoms with Gasteiger partial charge in [0.25, 0.3) is 5.69 Å². The summed E-state index contributed by atoms with van der Waals surface area (Å²) in [4.78, 5) is 32.5. The monoisotopic (exact) mass is 323 g/mol. The molecule has 2 amide bonds. The summed E-state index contributed by atoms with van der Waals surface area (Å²) >= 11 is 3.05. The third-order valence-electron chi connectivity index (χ3n) is 2.76. The van der Waals surface area contributed by atoms with E-state index in [1.165, 1.54) is 12.1 Å². The van der Waals surface area contributed by atoms with Crippen molar-refractivity contribution in [3.8, 4) is 6.07 Å². The first kappa shape index (κ1) is 13.2.